The van der Waals surface area contributed by atoms with E-state index in [0.29, 0.717) is 19.4 Å². The Morgan fingerprint density at radius 1 is 1.08 bits per heavy atom. The molecule has 2 aromatic heterocycles. The largest absolute Gasteiger partial charge is 0.477 e. The number of aromatic nitrogens is 3. The summed E-state index contributed by atoms with van der Waals surface area (Å²) in [5.74, 6) is 1.04. The molecule has 36 heavy (non-hydrogen) atoms. The van der Waals surface area contributed by atoms with Gasteiger partial charge in [-0.3, -0.25) is 4.98 Å². The predicted octanol–water partition coefficient (Wildman–Crippen LogP) is 6.23. The topological polar surface area (TPSA) is 57.0 Å². The average molecular weight is 488 g/mol. The highest BCUT2D eigenvalue weighted by molar-refractivity contribution is 5.76. The Morgan fingerprint density at radius 3 is 2.61 bits per heavy atom. The van der Waals surface area contributed by atoms with Gasteiger partial charge in [0.2, 0.25) is 5.88 Å². The summed E-state index contributed by atoms with van der Waals surface area (Å²) in [6.07, 6.45) is 6.74. The molecule has 0 radical (unpaired) electrons. The van der Waals surface area contributed by atoms with Crippen molar-refractivity contribution >= 4 is 5.78 Å². The molecule has 0 fully saturated rings. The maximum Gasteiger partial charge on any atom is 0.211 e. The normalized spacial score (nSPS) is 14.4. The van der Waals surface area contributed by atoms with Crippen LogP contribution in [-0.2, 0) is 42.9 Å². The number of hydrogen-bond acceptors (Lipinski definition) is 4. The van der Waals surface area contributed by atoms with Gasteiger partial charge in [-0.05, 0) is 80.0 Å². The van der Waals surface area contributed by atoms with Crippen LogP contribution in [0.4, 0.5) is 0 Å². The molecule has 0 N–H and O–H groups in total. The highest BCUT2D eigenvalue weighted by Gasteiger charge is 2.21. The van der Waals surface area contributed by atoms with Crippen molar-refractivity contribution in [1.29, 1.82) is 0 Å². The van der Waals surface area contributed by atoms with Crippen LogP contribution in [0.15, 0.2) is 36.4 Å². The summed E-state index contributed by atoms with van der Waals surface area (Å²) in [6.45, 7) is 11.1. The van der Waals surface area contributed by atoms with Crippen LogP contribution in [0.5, 0.6) is 5.88 Å². The molecule has 4 rings (SSSR count). The van der Waals surface area contributed by atoms with Gasteiger partial charge in [-0.25, -0.2) is 4.68 Å². The molecule has 192 valence electrons. The van der Waals surface area contributed by atoms with Gasteiger partial charge < -0.3 is 9.53 Å². The Balaban J connectivity index is 1.44. The van der Waals surface area contributed by atoms with E-state index in [1.54, 1.807) is 11.6 Å². The molecule has 1 aliphatic rings. The molecule has 1 aliphatic carbocycles. The number of benzene rings is 1. The molecule has 2 heterocycles. The summed E-state index contributed by atoms with van der Waals surface area (Å²) in [5.41, 5.74) is 8.51. The lowest BCUT2D eigenvalue weighted by Gasteiger charge is -2.23. The molecule has 5 heteroatoms. The molecule has 0 bridgehead atoms. The fourth-order valence-electron chi connectivity index (χ4n) is 5.16. The van der Waals surface area contributed by atoms with Gasteiger partial charge in [-0.1, -0.05) is 50.6 Å². The van der Waals surface area contributed by atoms with E-state index in [2.05, 4.69) is 58.0 Å². The Labute approximate surface area is 216 Å². The minimum atomic E-state index is 0.0560. The number of carbonyl (C=O) groups is 1. The number of pyridine rings is 1. The number of fused-ring (bicyclic) bond motifs is 1. The second-order valence-corrected chi connectivity index (χ2v) is 11.5. The Hall–Kier alpha value is -2.95. The maximum absolute atomic E-state index is 12.2. The van der Waals surface area contributed by atoms with Crippen molar-refractivity contribution in [2.24, 2.45) is 7.05 Å². The van der Waals surface area contributed by atoms with Gasteiger partial charge in [0.15, 0.2) is 0 Å². The van der Waals surface area contributed by atoms with Gasteiger partial charge in [0.1, 0.15) is 5.78 Å². The fourth-order valence-corrected chi connectivity index (χ4v) is 5.16. The molecule has 0 aliphatic heterocycles. The molecule has 0 saturated heterocycles. The fraction of sp³-hybridized carbons (Fsp3) is 0.516. The van der Waals surface area contributed by atoms with Gasteiger partial charge in [0, 0.05) is 37.3 Å². The smallest absolute Gasteiger partial charge is 0.211 e. The van der Waals surface area contributed by atoms with E-state index in [-0.39, 0.29) is 17.1 Å². The van der Waals surface area contributed by atoms with E-state index in [4.69, 9.17) is 14.8 Å². The number of carbonyl (C=O) groups excluding carboxylic acids is 1. The zero-order valence-electron chi connectivity index (χ0n) is 22.9. The van der Waals surface area contributed by atoms with E-state index in [0.717, 1.165) is 36.5 Å². The van der Waals surface area contributed by atoms with Crippen molar-refractivity contribution in [3.05, 3.63) is 75.7 Å². The maximum atomic E-state index is 12.2. The molecule has 1 aromatic carbocycles. The van der Waals surface area contributed by atoms with E-state index < -0.39 is 0 Å². The first-order chi connectivity index (χ1) is 17.1. The monoisotopic (exact) mass is 487 g/mol. The first kappa shape index (κ1) is 26.1. The summed E-state index contributed by atoms with van der Waals surface area (Å²) in [7, 11) is 1.92. The van der Waals surface area contributed by atoms with Crippen LogP contribution >= 0.6 is 0 Å². The zero-order chi connectivity index (χ0) is 25.9. The van der Waals surface area contributed by atoms with Gasteiger partial charge in [-0.15, -0.1) is 0 Å². The third kappa shape index (κ3) is 6.63. The molecular formula is C31H41N3O2. The van der Waals surface area contributed by atoms with Crippen LogP contribution in [0.2, 0.25) is 0 Å². The van der Waals surface area contributed by atoms with E-state index >= 15 is 0 Å². The second-order valence-electron chi connectivity index (χ2n) is 11.5. The lowest BCUT2D eigenvalue weighted by molar-refractivity contribution is -0.117. The van der Waals surface area contributed by atoms with Crippen LogP contribution in [0.25, 0.3) is 0 Å². The number of rotatable bonds is 9. The summed E-state index contributed by atoms with van der Waals surface area (Å²) >= 11 is 0. The van der Waals surface area contributed by atoms with Crippen molar-refractivity contribution in [3.63, 3.8) is 0 Å². The number of ketones is 1. The lowest BCUT2D eigenvalue weighted by Crippen LogP contribution is -2.14. The van der Waals surface area contributed by atoms with Gasteiger partial charge in [0.05, 0.1) is 12.3 Å². The third-order valence-electron chi connectivity index (χ3n) is 7.16. The Bertz CT molecular complexity index is 1220. The minimum Gasteiger partial charge on any atom is -0.477 e. The van der Waals surface area contributed by atoms with Gasteiger partial charge in [-0.2, -0.15) is 5.10 Å². The Kier molecular flexibility index (Phi) is 7.97. The second kappa shape index (κ2) is 11.0. The summed E-state index contributed by atoms with van der Waals surface area (Å²) in [6, 6.07) is 13.1. The standard InChI is InChI=1S/C31H41N3O2/c1-21-15-24(18-26(16-21)31(3,4)5)25(17-22(2)35)19-28-20-30(34(6)33-28)36-14-13-27-12-11-23-9-7-8-10-29(23)32-27/h11-12,15-16,18,20,25H,7-10,13-14,17,19H2,1-6H3. The van der Waals surface area contributed by atoms with Crippen LogP contribution in [0, 0.1) is 6.92 Å². The van der Waals surface area contributed by atoms with E-state index in [1.165, 1.54) is 40.8 Å². The first-order valence-electron chi connectivity index (χ1n) is 13.3. The van der Waals surface area contributed by atoms with Gasteiger partial charge in [0.25, 0.3) is 0 Å². The summed E-state index contributed by atoms with van der Waals surface area (Å²) in [4.78, 5) is 17.0. The number of nitrogens with zero attached hydrogens (tertiary/aromatic N) is 3. The number of hydrogen-bond donors (Lipinski definition) is 0. The van der Waals surface area contributed by atoms with Crippen molar-refractivity contribution in [1.82, 2.24) is 14.8 Å². The van der Waals surface area contributed by atoms with E-state index in [1.807, 2.05) is 13.1 Å². The molecule has 1 atom stereocenters. The highest BCUT2D eigenvalue weighted by Crippen LogP contribution is 2.31. The number of aryl methyl sites for hydroxylation is 4. The average Bonchev–Trinajstić information content (AvgIpc) is 3.16. The highest BCUT2D eigenvalue weighted by atomic mass is 16.5. The molecule has 0 spiro atoms. The van der Waals surface area contributed by atoms with Crippen LogP contribution in [-0.4, -0.2) is 27.2 Å². The van der Waals surface area contributed by atoms with Crippen LogP contribution in [0.1, 0.15) is 92.2 Å². The SMILES string of the molecule is CC(=O)CC(Cc1cc(OCCc2ccc3c(n2)CCCC3)n(C)n1)c1cc(C)cc(C(C)(C)C)c1. The number of ether oxygens (including phenoxy) is 1. The molecule has 0 saturated carbocycles. The molecule has 0 amide bonds. The van der Waals surface area contributed by atoms with Crippen molar-refractivity contribution in [2.75, 3.05) is 6.61 Å². The van der Waals surface area contributed by atoms with Crippen molar-refractivity contribution in [3.8, 4) is 5.88 Å². The summed E-state index contributed by atoms with van der Waals surface area (Å²) in [5, 5.41) is 4.72. The van der Waals surface area contributed by atoms with Crippen molar-refractivity contribution in [2.45, 2.75) is 90.9 Å². The molecule has 3 aromatic rings. The van der Waals surface area contributed by atoms with Crippen LogP contribution < -0.4 is 4.74 Å². The Morgan fingerprint density at radius 2 is 1.86 bits per heavy atom. The third-order valence-corrected chi connectivity index (χ3v) is 7.16. The number of Topliss-reactive ketones (excluding diaryl/α,β-unsaturated/α-hetero) is 1. The van der Waals surface area contributed by atoms with Crippen LogP contribution in [0.3, 0.4) is 0 Å². The first-order valence-corrected chi connectivity index (χ1v) is 13.3. The minimum absolute atomic E-state index is 0.0560. The quantitative estimate of drug-likeness (QED) is 0.359. The van der Waals surface area contributed by atoms with Crippen molar-refractivity contribution < 1.29 is 9.53 Å². The zero-order valence-corrected chi connectivity index (χ0v) is 22.9. The molecule has 1 unspecified atom stereocenters. The van der Waals surface area contributed by atoms with Gasteiger partial charge >= 0.3 is 0 Å². The molecule has 5 nitrogen and oxygen atoms in total. The molecular weight excluding hydrogens is 446 g/mol. The summed E-state index contributed by atoms with van der Waals surface area (Å²) < 4.78 is 7.91. The lowest BCUT2D eigenvalue weighted by atomic mass is 9.81. The van der Waals surface area contributed by atoms with E-state index in [9.17, 15) is 4.79 Å². The predicted molar refractivity (Wildman–Crippen MR) is 145 cm³/mol.